The molecule has 0 aliphatic carbocycles. The molecule has 14 heavy (non-hydrogen) atoms. The fourth-order valence-corrected chi connectivity index (χ4v) is 0.964. The lowest BCUT2D eigenvalue weighted by Crippen LogP contribution is -2.13. The summed E-state index contributed by atoms with van der Waals surface area (Å²) in [7, 11) is 0. The number of ether oxygens (including phenoxy) is 1. The second-order valence-electron chi connectivity index (χ2n) is 2.71. The molecule has 5 nitrogen and oxygen atoms in total. The van der Waals surface area contributed by atoms with E-state index in [4.69, 9.17) is 21.0 Å². The molecule has 1 heterocycles. The van der Waals surface area contributed by atoms with E-state index in [1.54, 1.807) is 12.3 Å². The van der Waals surface area contributed by atoms with Crippen molar-refractivity contribution in [2.24, 2.45) is 5.73 Å². The maximum Gasteiger partial charge on any atom is 0.148 e. The molecule has 0 radical (unpaired) electrons. The number of nitrogens with zero attached hydrogens (tertiary/aromatic N) is 1. The van der Waals surface area contributed by atoms with Gasteiger partial charge in [0, 0.05) is 19.2 Å². The number of amidine groups is 1. The van der Waals surface area contributed by atoms with E-state index in [-0.39, 0.29) is 12.4 Å². The van der Waals surface area contributed by atoms with Crippen molar-refractivity contribution in [3.8, 4) is 5.75 Å². The molecule has 4 N–H and O–H groups in total. The molecular weight excluding hydrogens is 182 g/mol. The average molecular weight is 195 g/mol. The van der Waals surface area contributed by atoms with Gasteiger partial charge in [-0.2, -0.15) is 0 Å². The molecule has 0 aliphatic rings. The number of aliphatic hydroxyl groups excluding tert-OH is 1. The first-order chi connectivity index (χ1) is 6.75. The largest absolute Gasteiger partial charge is 0.491 e. The Morgan fingerprint density at radius 3 is 3.07 bits per heavy atom. The van der Waals surface area contributed by atoms with Crippen LogP contribution in [0.1, 0.15) is 12.0 Å². The minimum atomic E-state index is -0.0496. The van der Waals surface area contributed by atoms with Gasteiger partial charge >= 0.3 is 0 Å². The number of aliphatic hydroxyl groups is 1. The number of nitrogens with two attached hydrogens (primary N) is 1. The maximum absolute atomic E-state index is 8.56. The summed E-state index contributed by atoms with van der Waals surface area (Å²) in [6.07, 6.45) is 3.61. The topological polar surface area (TPSA) is 92.2 Å². The highest BCUT2D eigenvalue weighted by molar-refractivity contribution is 5.97. The van der Waals surface area contributed by atoms with Crippen LogP contribution in [-0.4, -0.2) is 29.1 Å². The molecule has 1 rings (SSSR count). The Hall–Kier alpha value is -1.62. The van der Waals surface area contributed by atoms with Crippen LogP contribution in [0.4, 0.5) is 0 Å². The number of nitrogen functional groups attached to an aromatic ring is 1. The van der Waals surface area contributed by atoms with Gasteiger partial charge in [0.15, 0.2) is 0 Å². The number of hydrogen-bond donors (Lipinski definition) is 3. The molecule has 0 saturated heterocycles. The molecule has 0 amide bonds. The summed E-state index contributed by atoms with van der Waals surface area (Å²) in [5, 5.41) is 15.8. The molecular formula is C9H13N3O2. The summed E-state index contributed by atoms with van der Waals surface area (Å²) >= 11 is 0. The Balaban J connectivity index is 2.69. The highest BCUT2D eigenvalue weighted by Gasteiger charge is 2.05. The van der Waals surface area contributed by atoms with Crippen LogP contribution in [0.25, 0.3) is 0 Å². The van der Waals surface area contributed by atoms with Gasteiger partial charge in [-0.25, -0.2) is 0 Å². The third-order valence-electron chi connectivity index (χ3n) is 1.63. The van der Waals surface area contributed by atoms with Gasteiger partial charge in [-0.05, 0) is 6.07 Å². The SMILES string of the molecule is N=C(N)c1ccncc1OCCCO. The first-order valence-electron chi connectivity index (χ1n) is 4.27. The van der Waals surface area contributed by atoms with E-state index in [1.807, 2.05) is 0 Å². The molecule has 5 heteroatoms. The Kier molecular flexibility index (Phi) is 3.87. The van der Waals surface area contributed by atoms with Crippen molar-refractivity contribution in [1.82, 2.24) is 4.98 Å². The van der Waals surface area contributed by atoms with Crippen LogP contribution in [0, 0.1) is 5.41 Å². The number of pyridine rings is 1. The first kappa shape index (κ1) is 10.5. The minimum absolute atomic E-state index is 0.0496. The predicted molar refractivity (Wildman–Crippen MR) is 52.5 cm³/mol. The fourth-order valence-electron chi connectivity index (χ4n) is 0.964. The van der Waals surface area contributed by atoms with Gasteiger partial charge in [-0.3, -0.25) is 10.4 Å². The summed E-state index contributed by atoms with van der Waals surface area (Å²) < 4.78 is 5.30. The standard InChI is InChI=1S/C9H13N3O2/c10-9(11)7-2-3-12-6-8(7)14-5-1-4-13/h2-3,6,13H,1,4-5H2,(H3,10,11). The third kappa shape index (κ3) is 2.70. The van der Waals surface area contributed by atoms with Gasteiger partial charge in [0.05, 0.1) is 18.4 Å². The van der Waals surface area contributed by atoms with E-state index in [9.17, 15) is 0 Å². The van der Waals surface area contributed by atoms with Gasteiger partial charge < -0.3 is 15.6 Å². The number of nitrogens with one attached hydrogen (secondary N) is 1. The van der Waals surface area contributed by atoms with Gasteiger partial charge in [0.1, 0.15) is 11.6 Å². The highest BCUT2D eigenvalue weighted by atomic mass is 16.5. The van der Waals surface area contributed by atoms with Crippen molar-refractivity contribution >= 4 is 5.84 Å². The zero-order chi connectivity index (χ0) is 10.4. The van der Waals surface area contributed by atoms with Crippen LogP contribution in [0.3, 0.4) is 0 Å². The Morgan fingerprint density at radius 2 is 2.43 bits per heavy atom. The molecule has 0 aromatic carbocycles. The lowest BCUT2D eigenvalue weighted by atomic mass is 10.2. The minimum Gasteiger partial charge on any atom is -0.491 e. The maximum atomic E-state index is 8.56. The summed E-state index contributed by atoms with van der Waals surface area (Å²) in [6, 6.07) is 1.62. The van der Waals surface area contributed by atoms with Gasteiger partial charge in [0.25, 0.3) is 0 Å². The Labute approximate surface area is 82.0 Å². The zero-order valence-corrected chi connectivity index (χ0v) is 7.73. The normalized spacial score (nSPS) is 9.79. The van der Waals surface area contributed by atoms with Crippen molar-refractivity contribution < 1.29 is 9.84 Å². The quantitative estimate of drug-likeness (QED) is 0.353. The summed E-state index contributed by atoms with van der Waals surface area (Å²) in [4.78, 5) is 3.87. The van der Waals surface area contributed by atoms with Crippen LogP contribution in [0.5, 0.6) is 5.75 Å². The van der Waals surface area contributed by atoms with E-state index >= 15 is 0 Å². The van der Waals surface area contributed by atoms with Crippen molar-refractivity contribution in [1.29, 1.82) is 5.41 Å². The molecule has 0 aliphatic heterocycles. The van der Waals surface area contributed by atoms with Crippen LogP contribution in [0.2, 0.25) is 0 Å². The van der Waals surface area contributed by atoms with Crippen molar-refractivity contribution in [2.45, 2.75) is 6.42 Å². The molecule has 0 unspecified atom stereocenters. The monoisotopic (exact) mass is 195 g/mol. The highest BCUT2D eigenvalue weighted by Crippen LogP contribution is 2.15. The first-order valence-corrected chi connectivity index (χ1v) is 4.27. The van der Waals surface area contributed by atoms with Crippen LogP contribution in [0.15, 0.2) is 18.5 Å². The molecule has 0 fully saturated rings. The molecule has 0 spiro atoms. The summed E-state index contributed by atoms with van der Waals surface area (Å²) in [6.45, 7) is 0.470. The van der Waals surface area contributed by atoms with E-state index in [0.29, 0.717) is 24.3 Å². The van der Waals surface area contributed by atoms with Crippen LogP contribution in [-0.2, 0) is 0 Å². The fraction of sp³-hybridized carbons (Fsp3) is 0.333. The third-order valence-corrected chi connectivity index (χ3v) is 1.63. The summed E-state index contributed by atoms with van der Waals surface area (Å²) in [5.41, 5.74) is 5.87. The predicted octanol–water partition coefficient (Wildman–Crippen LogP) is 0.127. The van der Waals surface area contributed by atoms with Gasteiger partial charge in [-0.1, -0.05) is 0 Å². The lowest BCUT2D eigenvalue weighted by Gasteiger charge is -2.08. The second kappa shape index (κ2) is 5.18. The molecule has 0 atom stereocenters. The van der Waals surface area contributed by atoms with Crippen molar-refractivity contribution in [3.63, 3.8) is 0 Å². The van der Waals surface area contributed by atoms with E-state index in [1.165, 1.54) is 6.20 Å². The number of rotatable bonds is 5. The van der Waals surface area contributed by atoms with E-state index < -0.39 is 0 Å². The van der Waals surface area contributed by atoms with Crippen molar-refractivity contribution in [2.75, 3.05) is 13.2 Å². The van der Waals surface area contributed by atoms with Gasteiger partial charge in [0.2, 0.25) is 0 Å². The van der Waals surface area contributed by atoms with E-state index in [2.05, 4.69) is 4.98 Å². The molecule has 1 aromatic rings. The number of hydrogen-bond acceptors (Lipinski definition) is 4. The van der Waals surface area contributed by atoms with Gasteiger partial charge in [-0.15, -0.1) is 0 Å². The number of aromatic nitrogens is 1. The summed E-state index contributed by atoms with van der Waals surface area (Å²) in [5.74, 6) is 0.430. The Morgan fingerprint density at radius 1 is 1.64 bits per heavy atom. The lowest BCUT2D eigenvalue weighted by molar-refractivity contribution is 0.233. The second-order valence-corrected chi connectivity index (χ2v) is 2.71. The Bertz CT molecular complexity index is 315. The smallest absolute Gasteiger partial charge is 0.148 e. The van der Waals surface area contributed by atoms with E-state index in [0.717, 1.165) is 0 Å². The zero-order valence-electron chi connectivity index (χ0n) is 7.73. The van der Waals surface area contributed by atoms with Crippen LogP contribution >= 0.6 is 0 Å². The molecule has 0 bridgehead atoms. The van der Waals surface area contributed by atoms with Crippen molar-refractivity contribution in [3.05, 3.63) is 24.0 Å². The molecule has 1 aromatic heterocycles. The molecule has 0 saturated carbocycles. The average Bonchev–Trinajstić information content (AvgIpc) is 2.19. The molecule has 76 valence electrons. The van der Waals surface area contributed by atoms with Crippen LogP contribution < -0.4 is 10.5 Å².